The van der Waals surface area contributed by atoms with Gasteiger partial charge in [0.25, 0.3) is 0 Å². The van der Waals surface area contributed by atoms with Crippen LogP contribution in [0.15, 0.2) is 0 Å². The van der Waals surface area contributed by atoms with Gasteiger partial charge in [0.2, 0.25) is 0 Å². The number of ether oxygens (including phenoxy) is 2. The molecule has 3 aliphatic rings. The first-order valence-electron chi connectivity index (χ1n) is 13.2. The first-order valence-corrected chi connectivity index (χ1v) is 13.2. The maximum absolute atomic E-state index is 13.1. The molecule has 0 aromatic carbocycles. The quantitative estimate of drug-likeness (QED) is 0.445. The third-order valence-electron chi connectivity index (χ3n) is 8.61. The Hall–Kier alpha value is -1.06. The third kappa shape index (κ3) is 6.71. The number of carbonyl (C=O) groups excluding carboxylic acids is 2. The van der Waals surface area contributed by atoms with Gasteiger partial charge in [0.1, 0.15) is 12.2 Å². The largest absolute Gasteiger partial charge is 0.462 e. The Balaban J connectivity index is 1.53. The fourth-order valence-corrected chi connectivity index (χ4v) is 6.17. The maximum atomic E-state index is 13.1. The van der Waals surface area contributed by atoms with Crippen LogP contribution >= 0.6 is 0 Å². The van der Waals surface area contributed by atoms with Gasteiger partial charge in [-0.05, 0) is 100 Å². The van der Waals surface area contributed by atoms with Crippen LogP contribution in [0.2, 0.25) is 0 Å². The summed E-state index contributed by atoms with van der Waals surface area (Å²) in [7, 11) is 0. The van der Waals surface area contributed by atoms with E-state index in [1.807, 2.05) is 0 Å². The third-order valence-corrected chi connectivity index (χ3v) is 8.61. The molecule has 4 heteroatoms. The van der Waals surface area contributed by atoms with Gasteiger partial charge in [-0.25, -0.2) is 0 Å². The average molecular weight is 435 g/mol. The lowest BCUT2D eigenvalue weighted by Crippen LogP contribution is -2.40. The first-order chi connectivity index (χ1) is 14.7. The molecular weight excluding hydrogens is 388 g/mol. The van der Waals surface area contributed by atoms with E-state index in [0.717, 1.165) is 82.5 Å². The fourth-order valence-electron chi connectivity index (χ4n) is 6.17. The van der Waals surface area contributed by atoms with Gasteiger partial charge in [0, 0.05) is 0 Å². The summed E-state index contributed by atoms with van der Waals surface area (Å²) in [6.45, 7) is 11.3. The fraction of sp³-hybridized carbons (Fsp3) is 0.926. The zero-order valence-corrected chi connectivity index (χ0v) is 20.6. The summed E-state index contributed by atoms with van der Waals surface area (Å²) >= 11 is 0. The highest BCUT2D eigenvalue weighted by atomic mass is 16.6. The second-order valence-corrected chi connectivity index (χ2v) is 11.6. The Morgan fingerprint density at radius 1 is 0.613 bits per heavy atom. The van der Waals surface area contributed by atoms with Gasteiger partial charge in [-0.2, -0.15) is 0 Å². The van der Waals surface area contributed by atoms with Crippen LogP contribution in [0.25, 0.3) is 0 Å². The highest BCUT2D eigenvalue weighted by Gasteiger charge is 2.42. The SMILES string of the molecule is CC1CCC(C(=O)OC2CCC(C(C)C)CC2)C(C(=O)OC2CCC(C(C)C)CC2)C1. The van der Waals surface area contributed by atoms with Crippen LogP contribution in [0.1, 0.15) is 105 Å². The summed E-state index contributed by atoms with van der Waals surface area (Å²) in [5.41, 5.74) is 0. The predicted octanol–water partition coefficient (Wildman–Crippen LogP) is 6.55. The van der Waals surface area contributed by atoms with E-state index in [1.54, 1.807) is 0 Å². The van der Waals surface area contributed by atoms with Crippen LogP contribution in [0.4, 0.5) is 0 Å². The molecular formula is C27H46O4. The zero-order chi connectivity index (χ0) is 22.5. The van der Waals surface area contributed by atoms with Crippen molar-refractivity contribution in [3.05, 3.63) is 0 Å². The van der Waals surface area contributed by atoms with E-state index in [9.17, 15) is 9.59 Å². The highest BCUT2D eigenvalue weighted by Crippen LogP contribution is 2.38. The van der Waals surface area contributed by atoms with Crippen molar-refractivity contribution in [2.45, 2.75) is 117 Å². The molecule has 0 aromatic rings. The molecule has 0 bridgehead atoms. The minimum Gasteiger partial charge on any atom is -0.462 e. The molecule has 3 unspecified atom stereocenters. The lowest BCUT2D eigenvalue weighted by molar-refractivity contribution is -0.171. The normalized spacial score (nSPS) is 36.9. The van der Waals surface area contributed by atoms with Crippen molar-refractivity contribution in [3.8, 4) is 0 Å². The van der Waals surface area contributed by atoms with Crippen molar-refractivity contribution in [1.82, 2.24) is 0 Å². The molecule has 0 aliphatic heterocycles. The molecule has 0 N–H and O–H groups in total. The molecule has 0 amide bonds. The summed E-state index contributed by atoms with van der Waals surface area (Å²) in [5, 5.41) is 0. The number of esters is 2. The molecule has 0 aromatic heterocycles. The van der Waals surface area contributed by atoms with Gasteiger partial charge in [-0.3, -0.25) is 9.59 Å². The minimum atomic E-state index is -0.328. The van der Waals surface area contributed by atoms with E-state index in [0.29, 0.717) is 17.8 Å². The van der Waals surface area contributed by atoms with Crippen LogP contribution < -0.4 is 0 Å². The van der Waals surface area contributed by atoms with E-state index in [2.05, 4.69) is 34.6 Å². The van der Waals surface area contributed by atoms with Crippen molar-refractivity contribution in [2.75, 3.05) is 0 Å². The number of rotatable bonds is 6. The molecule has 4 nitrogen and oxygen atoms in total. The second-order valence-electron chi connectivity index (χ2n) is 11.6. The molecule has 31 heavy (non-hydrogen) atoms. The zero-order valence-electron chi connectivity index (χ0n) is 20.6. The summed E-state index contributed by atoms with van der Waals surface area (Å²) in [4.78, 5) is 26.2. The molecule has 3 atom stereocenters. The van der Waals surface area contributed by atoms with E-state index in [-0.39, 0.29) is 36.0 Å². The van der Waals surface area contributed by atoms with Crippen molar-refractivity contribution in [3.63, 3.8) is 0 Å². The highest BCUT2D eigenvalue weighted by molar-refractivity contribution is 5.82. The Morgan fingerprint density at radius 2 is 1.03 bits per heavy atom. The Kier molecular flexibility index (Phi) is 8.87. The first kappa shape index (κ1) is 24.6. The molecule has 3 fully saturated rings. The number of carbonyl (C=O) groups is 2. The van der Waals surface area contributed by atoms with Gasteiger partial charge in [-0.15, -0.1) is 0 Å². The Labute approximate surface area is 190 Å². The van der Waals surface area contributed by atoms with Crippen LogP contribution in [-0.2, 0) is 19.1 Å². The molecule has 3 aliphatic carbocycles. The lowest BCUT2D eigenvalue weighted by Gasteiger charge is -2.36. The monoisotopic (exact) mass is 434 g/mol. The second kappa shape index (κ2) is 11.2. The molecule has 0 saturated heterocycles. The van der Waals surface area contributed by atoms with E-state index in [1.165, 1.54) is 0 Å². The molecule has 0 spiro atoms. The van der Waals surface area contributed by atoms with Crippen LogP contribution in [0.3, 0.4) is 0 Å². The molecule has 178 valence electrons. The molecule has 0 heterocycles. The van der Waals surface area contributed by atoms with Gasteiger partial charge in [0.15, 0.2) is 0 Å². The summed E-state index contributed by atoms with van der Waals surface area (Å²) in [6, 6.07) is 0. The van der Waals surface area contributed by atoms with Crippen LogP contribution in [0, 0.1) is 41.4 Å². The average Bonchev–Trinajstić information content (AvgIpc) is 2.74. The number of hydrogen-bond donors (Lipinski definition) is 0. The van der Waals surface area contributed by atoms with Gasteiger partial charge < -0.3 is 9.47 Å². The minimum absolute atomic E-state index is 0.0303. The molecule has 0 radical (unpaired) electrons. The molecule has 3 saturated carbocycles. The Morgan fingerprint density at radius 3 is 1.45 bits per heavy atom. The summed E-state index contributed by atoms with van der Waals surface area (Å²) < 4.78 is 11.9. The maximum Gasteiger partial charge on any atom is 0.310 e. The predicted molar refractivity (Wildman–Crippen MR) is 123 cm³/mol. The van der Waals surface area contributed by atoms with E-state index in [4.69, 9.17) is 9.47 Å². The summed E-state index contributed by atoms with van der Waals surface area (Å²) in [5.74, 6) is 2.41. The van der Waals surface area contributed by atoms with Crippen molar-refractivity contribution < 1.29 is 19.1 Å². The van der Waals surface area contributed by atoms with Gasteiger partial charge in [0.05, 0.1) is 11.8 Å². The van der Waals surface area contributed by atoms with E-state index >= 15 is 0 Å². The lowest BCUT2D eigenvalue weighted by atomic mass is 9.74. The summed E-state index contributed by atoms with van der Waals surface area (Å²) in [6.07, 6.45) is 11.0. The van der Waals surface area contributed by atoms with Crippen molar-refractivity contribution in [1.29, 1.82) is 0 Å². The smallest absolute Gasteiger partial charge is 0.310 e. The van der Waals surface area contributed by atoms with Gasteiger partial charge >= 0.3 is 11.9 Å². The van der Waals surface area contributed by atoms with Gasteiger partial charge in [-0.1, -0.05) is 34.6 Å². The van der Waals surface area contributed by atoms with Crippen molar-refractivity contribution >= 4 is 11.9 Å². The van der Waals surface area contributed by atoms with Crippen LogP contribution in [0.5, 0.6) is 0 Å². The standard InChI is InChI=1S/C27H46O4/c1-17(2)20-7-11-22(12-8-20)30-26(28)24-15-6-19(5)16-25(24)27(29)31-23-13-9-21(10-14-23)18(3)4/h17-25H,6-16H2,1-5H3. The van der Waals surface area contributed by atoms with Crippen molar-refractivity contribution in [2.24, 2.45) is 41.4 Å². The number of hydrogen-bond acceptors (Lipinski definition) is 4. The molecule has 3 rings (SSSR count). The Bertz CT molecular complexity index is 582. The van der Waals surface area contributed by atoms with E-state index < -0.39 is 0 Å². The topological polar surface area (TPSA) is 52.6 Å². The van der Waals surface area contributed by atoms with Crippen LogP contribution in [-0.4, -0.2) is 24.1 Å².